The Bertz CT molecular complexity index is 572. The van der Waals surface area contributed by atoms with E-state index in [1.807, 2.05) is 20.8 Å². The van der Waals surface area contributed by atoms with Crippen LogP contribution in [0.5, 0.6) is 0 Å². The predicted molar refractivity (Wildman–Crippen MR) is 80.4 cm³/mol. The number of nitrogens with zero attached hydrogens (tertiary/aromatic N) is 2. The van der Waals surface area contributed by atoms with E-state index in [0.29, 0.717) is 24.5 Å². The van der Waals surface area contributed by atoms with Crippen molar-refractivity contribution in [3.63, 3.8) is 0 Å². The fourth-order valence-corrected chi connectivity index (χ4v) is 1.79. The first kappa shape index (κ1) is 15.6. The summed E-state index contributed by atoms with van der Waals surface area (Å²) in [7, 11) is 0. The number of aryl methyl sites for hydroxylation is 1. The summed E-state index contributed by atoms with van der Waals surface area (Å²) in [6, 6.07) is 1.42. The largest absolute Gasteiger partial charge is 0.393 e. The zero-order valence-electron chi connectivity index (χ0n) is 11.7. The third-order valence-corrected chi connectivity index (χ3v) is 3.78. The summed E-state index contributed by atoms with van der Waals surface area (Å²) < 4.78 is 2.80. The van der Waals surface area contributed by atoms with Crippen LogP contribution in [0.3, 0.4) is 0 Å². The normalized spacial score (nSPS) is 11.5. The maximum atomic E-state index is 12.1. The molecule has 0 saturated carbocycles. The van der Waals surface area contributed by atoms with Crippen molar-refractivity contribution in [3.05, 3.63) is 33.1 Å². The molecule has 0 saturated heterocycles. The molecule has 0 spiro atoms. The second-order valence-electron chi connectivity index (χ2n) is 5.28. The van der Waals surface area contributed by atoms with E-state index < -0.39 is 0 Å². The molecular formula is C13H21N3O2S. The molecule has 0 amide bonds. The fraction of sp³-hybridized carbons (Fsp3) is 0.615. The SMILES string of the molecule is CCCn1ccc(=O)n(CCC(C)(C)C(N)=S)c1=O. The van der Waals surface area contributed by atoms with Gasteiger partial charge in [0.1, 0.15) is 0 Å². The molecule has 1 aromatic heterocycles. The molecule has 6 heteroatoms. The topological polar surface area (TPSA) is 70.0 Å². The Balaban J connectivity index is 3.02. The minimum atomic E-state index is -0.368. The Kier molecular flexibility index (Phi) is 5.05. The third kappa shape index (κ3) is 3.76. The van der Waals surface area contributed by atoms with Crippen molar-refractivity contribution in [2.75, 3.05) is 0 Å². The molecule has 0 unspecified atom stereocenters. The van der Waals surface area contributed by atoms with E-state index in [1.54, 1.807) is 10.8 Å². The number of nitrogens with two attached hydrogens (primary N) is 1. The average molecular weight is 283 g/mol. The Labute approximate surface area is 118 Å². The van der Waals surface area contributed by atoms with Crippen LogP contribution in [0.4, 0.5) is 0 Å². The summed E-state index contributed by atoms with van der Waals surface area (Å²) in [5.41, 5.74) is 4.73. The van der Waals surface area contributed by atoms with Gasteiger partial charge in [-0.3, -0.25) is 9.36 Å². The van der Waals surface area contributed by atoms with Crippen molar-refractivity contribution in [1.29, 1.82) is 0 Å². The number of aromatic nitrogens is 2. The van der Waals surface area contributed by atoms with E-state index in [2.05, 4.69) is 0 Å². The second kappa shape index (κ2) is 6.14. The molecule has 0 aliphatic rings. The molecule has 1 aromatic rings. The highest BCUT2D eigenvalue weighted by Crippen LogP contribution is 2.20. The minimum Gasteiger partial charge on any atom is -0.393 e. The molecule has 0 aliphatic carbocycles. The van der Waals surface area contributed by atoms with Crippen LogP contribution < -0.4 is 17.0 Å². The smallest absolute Gasteiger partial charge is 0.330 e. The van der Waals surface area contributed by atoms with Crippen LogP contribution >= 0.6 is 12.2 Å². The minimum absolute atomic E-state index is 0.270. The van der Waals surface area contributed by atoms with Gasteiger partial charge in [0.15, 0.2) is 0 Å². The summed E-state index contributed by atoms with van der Waals surface area (Å²) >= 11 is 4.99. The van der Waals surface area contributed by atoms with E-state index in [4.69, 9.17) is 18.0 Å². The van der Waals surface area contributed by atoms with Gasteiger partial charge >= 0.3 is 5.69 Å². The van der Waals surface area contributed by atoms with E-state index in [9.17, 15) is 9.59 Å². The molecule has 1 heterocycles. The highest BCUT2D eigenvalue weighted by molar-refractivity contribution is 7.80. The quantitative estimate of drug-likeness (QED) is 0.794. The predicted octanol–water partition coefficient (Wildman–Crippen LogP) is 1.12. The maximum Gasteiger partial charge on any atom is 0.330 e. The summed E-state index contributed by atoms with van der Waals surface area (Å²) in [5, 5.41) is 0. The van der Waals surface area contributed by atoms with Gasteiger partial charge in [0.25, 0.3) is 5.56 Å². The lowest BCUT2D eigenvalue weighted by atomic mass is 9.89. The molecule has 2 N–H and O–H groups in total. The molecule has 1 rings (SSSR count). The molecule has 0 aliphatic heterocycles. The van der Waals surface area contributed by atoms with Gasteiger partial charge < -0.3 is 10.3 Å². The Morgan fingerprint density at radius 1 is 1.37 bits per heavy atom. The fourth-order valence-electron chi connectivity index (χ4n) is 1.69. The molecule has 19 heavy (non-hydrogen) atoms. The average Bonchev–Trinajstić information content (AvgIpc) is 2.32. The van der Waals surface area contributed by atoms with Crippen molar-refractivity contribution in [3.8, 4) is 0 Å². The van der Waals surface area contributed by atoms with Crippen molar-refractivity contribution in [2.24, 2.45) is 11.1 Å². The van der Waals surface area contributed by atoms with E-state index >= 15 is 0 Å². The molecule has 0 aromatic carbocycles. The van der Waals surface area contributed by atoms with Crippen LogP contribution in [0.1, 0.15) is 33.6 Å². The van der Waals surface area contributed by atoms with Crippen molar-refractivity contribution >= 4 is 17.2 Å². The molecule has 106 valence electrons. The summed E-state index contributed by atoms with van der Waals surface area (Å²) in [6.07, 6.45) is 2.95. The summed E-state index contributed by atoms with van der Waals surface area (Å²) in [4.78, 5) is 24.3. The highest BCUT2D eigenvalue weighted by atomic mass is 32.1. The molecular weight excluding hydrogens is 262 g/mol. The third-order valence-electron chi connectivity index (χ3n) is 3.23. The van der Waals surface area contributed by atoms with Crippen LogP contribution in [0.25, 0.3) is 0 Å². The standard InChI is InChI=1S/C13H21N3O2S/c1-4-7-15-8-5-10(17)16(12(15)18)9-6-13(2,3)11(14)19/h5,8H,4,6-7,9H2,1-3H3,(H2,14,19). The molecule has 0 bridgehead atoms. The molecule has 0 atom stereocenters. The first-order valence-electron chi connectivity index (χ1n) is 6.40. The van der Waals surface area contributed by atoms with Gasteiger partial charge in [-0.05, 0) is 12.8 Å². The van der Waals surface area contributed by atoms with E-state index in [-0.39, 0.29) is 16.7 Å². The van der Waals surface area contributed by atoms with Crippen LogP contribution in [0.2, 0.25) is 0 Å². The monoisotopic (exact) mass is 283 g/mol. The van der Waals surface area contributed by atoms with Gasteiger partial charge in [0, 0.05) is 30.8 Å². The zero-order chi connectivity index (χ0) is 14.6. The maximum absolute atomic E-state index is 12.1. The van der Waals surface area contributed by atoms with Gasteiger partial charge in [-0.1, -0.05) is 33.0 Å². The van der Waals surface area contributed by atoms with Crippen LogP contribution in [-0.2, 0) is 13.1 Å². The number of hydrogen-bond acceptors (Lipinski definition) is 3. The zero-order valence-corrected chi connectivity index (χ0v) is 12.5. The first-order valence-corrected chi connectivity index (χ1v) is 6.80. The van der Waals surface area contributed by atoms with Crippen molar-refractivity contribution < 1.29 is 0 Å². The van der Waals surface area contributed by atoms with E-state index in [0.717, 1.165) is 6.42 Å². The molecule has 5 nitrogen and oxygen atoms in total. The lowest BCUT2D eigenvalue weighted by Crippen LogP contribution is -2.41. The van der Waals surface area contributed by atoms with Gasteiger partial charge in [-0.2, -0.15) is 0 Å². The highest BCUT2D eigenvalue weighted by Gasteiger charge is 2.21. The summed E-state index contributed by atoms with van der Waals surface area (Å²) in [5.74, 6) is 0. The van der Waals surface area contributed by atoms with E-state index in [1.165, 1.54) is 10.6 Å². The lowest BCUT2D eigenvalue weighted by molar-refractivity contribution is 0.414. The first-order chi connectivity index (χ1) is 8.79. The number of rotatable bonds is 6. The van der Waals surface area contributed by atoms with Crippen LogP contribution in [0, 0.1) is 5.41 Å². The Morgan fingerprint density at radius 3 is 2.53 bits per heavy atom. The molecule has 0 fully saturated rings. The Morgan fingerprint density at radius 2 is 2.00 bits per heavy atom. The van der Waals surface area contributed by atoms with Gasteiger partial charge in [-0.15, -0.1) is 0 Å². The number of hydrogen-bond donors (Lipinski definition) is 1. The van der Waals surface area contributed by atoms with Crippen LogP contribution in [0.15, 0.2) is 21.9 Å². The second-order valence-corrected chi connectivity index (χ2v) is 5.72. The Hall–Kier alpha value is -1.43. The van der Waals surface area contributed by atoms with Gasteiger partial charge in [0.2, 0.25) is 0 Å². The van der Waals surface area contributed by atoms with Gasteiger partial charge in [-0.25, -0.2) is 4.79 Å². The van der Waals surface area contributed by atoms with Gasteiger partial charge in [0.05, 0.1) is 4.99 Å². The molecule has 0 radical (unpaired) electrons. The number of thiocarbonyl (C=S) groups is 1. The van der Waals surface area contributed by atoms with Crippen molar-refractivity contribution in [2.45, 2.75) is 46.7 Å². The summed E-state index contributed by atoms with van der Waals surface area (Å²) in [6.45, 7) is 6.74. The van der Waals surface area contributed by atoms with Crippen LogP contribution in [-0.4, -0.2) is 14.1 Å². The lowest BCUT2D eigenvalue weighted by Gasteiger charge is -2.23. The van der Waals surface area contributed by atoms with Crippen molar-refractivity contribution in [1.82, 2.24) is 9.13 Å².